The maximum Gasteiger partial charge on any atom is 0.243 e. The Kier molecular flexibility index (Phi) is 11.2. The quantitative estimate of drug-likeness (QED) is 0.209. The number of methoxy groups -OCH3 is 1. The molecule has 1 rings (SSSR count). The van der Waals surface area contributed by atoms with Crippen LogP contribution in [0, 0.1) is 17.5 Å². The molecule has 0 heterocycles. The first kappa shape index (κ1) is 24.4. The second-order valence-corrected chi connectivity index (χ2v) is 5.58. The fourth-order valence-corrected chi connectivity index (χ4v) is 1.91. The van der Waals surface area contributed by atoms with Crippen LogP contribution in [0.3, 0.4) is 0 Å². The Bertz CT molecular complexity index is 607. The van der Waals surface area contributed by atoms with Crippen molar-refractivity contribution in [1.29, 1.82) is 0 Å². The summed E-state index contributed by atoms with van der Waals surface area (Å²) >= 11 is 0. The summed E-state index contributed by atoms with van der Waals surface area (Å²) in [5.74, 6) is -3.85. The van der Waals surface area contributed by atoms with E-state index in [1.165, 1.54) is 4.90 Å². The fourth-order valence-electron chi connectivity index (χ4n) is 1.91. The molecule has 0 saturated carbocycles. The van der Waals surface area contributed by atoms with E-state index in [-0.39, 0.29) is 48.5 Å². The van der Waals surface area contributed by atoms with Gasteiger partial charge >= 0.3 is 0 Å². The molecule has 148 valence electrons. The first-order chi connectivity index (χ1) is 11.8. The zero-order valence-corrected chi connectivity index (χ0v) is 17.5. The van der Waals surface area contributed by atoms with E-state index in [1.54, 1.807) is 33.2 Å². The predicted molar refractivity (Wildman–Crippen MR) is 104 cm³/mol. The van der Waals surface area contributed by atoms with E-state index >= 15 is 0 Å². The summed E-state index contributed by atoms with van der Waals surface area (Å²) in [4.78, 5) is 18.9. The number of ether oxygens (including phenoxy) is 1. The molecule has 6 nitrogen and oxygen atoms in total. The lowest BCUT2D eigenvalue weighted by Gasteiger charge is -2.23. The highest BCUT2D eigenvalue weighted by molar-refractivity contribution is 14.0. The predicted octanol–water partition coefficient (Wildman–Crippen LogP) is 1.83. The molecule has 1 amide bonds. The Balaban J connectivity index is 0.00000625. The minimum Gasteiger partial charge on any atom is -0.383 e. The second kappa shape index (κ2) is 11.9. The van der Waals surface area contributed by atoms with E-state index in [1.807, 2.05) is 0 Å². The molecular weight excluding hydrogens is 464 g/mol. The maximum absolute atomic E-state index is 13.3. The van der Waals surface area contributed by atoms with Crippen LogP contribution in [0.25, 0.3) is 0 Å². The van der Waals surface area contributed by atoms with Gasteiger partial charge < -0.3 is 19.9 Å². The highest BCUT2D eigenvalue weighted by Crippen LogP contribution is 2.14. The number of carbonyl (C=O) groups excluding carboxylic acids is 1. The van der Waals surface area contributed by atoms with Crippen LogP contribution in [-0.2, 0) is 16.1 Å². The third-order valence-corrected chi connectivity index (χ3v) is 3.28. The monoisotopic (exact) mass is 488 g/mol. The zero-order chi connectivity index (χ0) is 19.0. The van der Waals surface area contributed by atoms with Crippen molar-refractivity contribution in [3.8, 4) is 0 Å². The Morgan fingerprint density at radius 1 is 1.19 bits per heavy atom. The molecule has 0 aliphatic rings. The maximum atomic E-state index is 13.3. The van der Waals surface area contributed by atoms with Crippen LogP contribution in [0.15, 0.2) is 17.1 Å². The summed E-state index contributed by atoms with van der Waals surface area (Å²) in [6, 6.07) is 1.85. The number of halogens is 4. The van der Waals surface area contributed by atoms with Gasteiger partial charge in [-0.05, 0) is 17.7 Å². The van der Waals surface area contributed by atoms with Gasteiger partial charge in [0.05, 0.1) is 6.61 Å². The van der Waals surface area contributed by atoms with Gasteiger partial charge in [-0.15, -0.1) is 24.0 Å². The summed E-state index contributed by atoms with van der Waals surface area (Å²) in [5.41, 5.74) is 0.235. The number of likely N-dealkylation sites (N-methyl/N-ethyl adjacent to an activating group) is 1. The number of aliphatic imine (C=N–C) groups is 1. The van der Waals surface area contributed by atoms with Gasteiger partial charge in [0.15, 0.2) is 23.4 Å². The van der Waals surface area contributed by atoms with Crippen LogP contribution >= 0.6 is 24.0 Å². The lowest BCUT2D eigenvalue weighted by Crippen LogP contribution is -2.41. The first-order valence-electron chi connectivity index (χ1n) is 7.58. The minimum atomic E-state index is -1.50. The van der Waals surface area contributed by atoms with E-state index in [2.05, 4.69) is 10.3 Å². The number of guanidine groups is 1. The van der Waals surface area contributed by atoms with Gasteiger partial charge in [0.2, 0.25) is 5.91 Å². The molecule has 0 unspecified atom stereocenters. The Morgan fingerprint density at radius 2 is 1.77 bits per heavy atom. The SMILES string of the molecule is COCCNC(=NCC(=O)N(C)C)N(C)Cc1cc(F)c(F)c(F)c1.I. The van der Waals surface area contributed by atoms with Crippen molar-refractivity contribution in [3.05, 3.63) is 35.1 Å². The number of carbonyl (C=O) groups is 1. The van der Waals surface area contributed by atoms with Crippen LogP contribution in [0.2, 0.25) is 0 Å². The van der Waals surface area contributed by atoms with Crippen molar-refractivity contribution in [2.45, 2.75) is 6.54 Å². The van der Waals surface area contributed by atoms with Gasteiger partial charge in [0.1, 0.15) is 6.54 Å². The lowest BCUT2D eigenvalue weighted by atomic mass is 10.2. The standard InChI is InChI=1S/C16H23F3N4O2.HI/c1-22(2)14(24)9-21-16(20-5-6-25-4)23(3)10-11-7-12(17)15(19)13(18)8-11;/h7-8H,5-6,9-10H2,1-4H3,(H,20,21);1H. The highest BCUT2D eigenvalue weighted by atomic mass is 127. The zero-order valence-electron chi connectivity index (χ0n) is 15.2. The summed E-state index contributed by atoms with van der Waals surface area (Å²) < 4.78 is 44.7. The largest absolute Gasteiger partial charge is 0.383 e. The summed E-state index contributed by atoms with van der Waals surface area (Å²) in [6.45, 7) is 0.831. The lowest BCUT2D eigenvalue weighted by molar-refractivity contribution is -0.127. The first-order valence-corrected chi connectivity index (χ1v) is 7.58. The van der Waals surface area contributed by atoms with Crippen LogP contribution < -0.4 is 5.32 Å². The van der Waals surface area contributed by atoms with Crippen molar-refractivity contribution in [2.75, 3.05) is 47.9 Å². The molecule has 0 saturated heterocycles. The molecule has 1 aromatic rings. The third kappa shape index (κ3) is 7.77. The Morgan fingerprint density at radius 3 is 2.27 bits per heavy atom. The van der Waals surface area contributed by atoms with Crippen molar-refractivity contribution in [1.82, 2.24) is 15.1 Å². The number of rotatable bonds is 7. The van der Waals surface area contributed by atoms with E-state index in [4.69, 9.17) is 4.74 Å². The molecule has 0 atom stereocenters. The van der Waals surface area contributed by atoms with Gasteiger partial charge in [-0.3, -0.25) is 4.79 Å². The third-order valence-electron chi connectivity index (χ3n) is 3.28. The van der Waals surface area contributed by atoms with E-state index < -0.39 is 17.5 Å². The number of nitrogens with zero attached hydrogens (tertiary/aromatic N) is 3. The van der Waals surface area contributed by atoms with Gasteiger partial charge in [-0.25, -0.2) is 18.2 Å². The molecule has 1 N–H and O–H groups in total. The molecule has 0 fully saturated rings. The normalized spacial score (nSPS) is 11.0. The molecule has 1 aromatic carbocycles. The van der Waals surface area contributed by atoms with Gasteiger partial charge in [0, 0.05) is 41.3 Å². The van der Waals surface area contributed by atoms with E-state index in [9.17, 15) is 18.0 Å². The second-order valence-electron chi connectivity index (χ2n) is 5.58. The van der Waals surface area contributed by atoms with Crippen molar-refractivity contribution in [2.24, 2.45) is 4.99 Å². The van der Waals surface area contributed by atoms with Gasteiger partial charge in [-0.1, -0.05) is 0 Å². The average molecular weight is 488 g/mol. The van der Waals surface area contributed by atoms with Crippen LogP contribution in [0.4, 0.5) is 13.2 Å². The van der Waals surface area contributed by atoms with Crippen LogP contribution in [-0.4, -0.2) is 69.6 Å². The van der Waals surface area contributed by atoms with Crippen molar-refractivity contribution < 1.29 is 22.7 Å². The average Bonchev–Trinajstić information content (AvgIpc) is 2.55. The summed E-state index contributed by atoms with van der Waals surface area (Å²) in [5, 5.41) is 2.99. The molecule has 0 aliphatic carbocycles. The van der Waals surface area contributed by atoms with Crippen molar-refractivity contribution in [3.63, 3.8) is 0 Å². The molecule has 26 heavy (non-hydrogen) atoms. The number of hydrogen-bond acceptors (Lipinski definition) is 3. The number of benzene rings is 1. The van der Waals surface area contributed by atoms with Gasteiger partial charge in [0.25, 0.3) is 0 Å². The van der Waals surface area contributed by atoms with Gasteiger partial charge in [-0.2, -0.15) is 0 Å². The topological polar surface area (TPSA) is 57.2 Å². The molecular formula is C16H24F3IN4O2. The molecule has 10 heteroatoms. The van der Waals surface area contributed by atoms with Crippen molar-refractivity contribution >= 4 is 35.8 Å². The van der Waals surface area contributed by atoms with Crippen LogP contribution in [0.1, 0.15) is 5.56 Å². The molecule has 0 spiro atoms. The highest BCUT2D eigenvalue weighted by Gasteiger charge is 2.14. The Labute approximate surface area is 168 Å². The smallest absolute Gasteiger partial charge is 0.243 e. The van der Waals surface area contributed by atoms with E-state index in [0.29, 0.717) is 19.1 Å². The number of nitrogens with one attached hydrogen (secondary N) is 1. The Hall–Kier alpha value is -1.56. The molecule has 0 bridgehead atoms. The minimum absolute atomic E-state index is 0. The van der Waals surface area contributed by atoms with E-state index in [0.717, 1.165) is 12.1 Å². The molecule has 0 aromatic heterocycles. The summed E-state index contributed by atoms with van der Waals surface area (Å²) in [6.07, 6.45) is 0. The summed E-state index contributed by atoms with van der Waals surface area (Å²) in [7, 11) is 6.41. The molecule has 0 aliphatic heterocycles. The molecule has 0 radical (unpaired) electrons. The fraction of sp³-hybridized carbons (Fsp3) is 0.500. The number of hydrogen-bond donors (Lipinski definition) is 1. The van der Waals surface area contributed by atoms with Crippen LogP contribution in [0.5, 0.6) is 0 Å². The number of amides is 1.